The van der Waals surface area contributed by atoms with Crippen LogP contribution in [0.25, 0.3) is 11.0 Å². The zero-order chi connectivity index (χ0) is 14.2. The van der Waals surface area contributed by atoms with Crippen molar-refractivity contribution < 1.29 is 9.47 Å². The van der Waals surface area contributed by atoms with Gasteiger partial charge in [0.2, 0.25) is 0 Å². The first kappa shape index (κ1) is 12.6. The van der Waals surface area contributed by atoms with Gasteiger partial charge in [-0.3, -0.25) is 0 Å². The third kappa shape index (κ3) is 2.25. The molecule has 4 rings (SSSR count). The molecular formula is C15H18N4O2. The van der Waals surface area contributed by atoms with Crippen LogP contribution in [0.15, 0.2) is 12.1 Å². The fourth-order valence-corrected chi connectivity index (χ4v) is 2.85. The topological polar surface area (TPSA) is 59.5 Å². The van der Waals surface area contributed by atoms with Gasteiger partial charge in [-0.2, -0.15) is 0 Å². The molecule has 2 aliphatic rings. The maximum Gasteiger partial charge on any atom is 0.163 e. The average molecular weight is 286 g/mol. The molecule has 1 N–H and O–H groups in total. The Hall–Kier alpha value is -2.08. The Morgan fingerprint density at radius 1 is 1.00 bits per heavy atom. The molecule has 0 spiro atoms. The van der Waals surface area contributed by atoms with Crippen molar-refractivity contribution in [2.24, 2.45) is 0 Å². The lowest BCUT2D eigenvalue weighted by atomic mass is 10.2. The van der Waals surface area contributed by atoms with Gasteiger partial charge in [0.05, 0.1) is 16.7 Å². The number of nitrogens with one attached hydrogen (secondary N) is 1. The molecule has 1 saturated heterocycles. The van der Waals surface area contributed by atoms with Crippen LogP contribution in [0.2, 0.25) is 0 Å². The van der Waals surface area contributed by atoms with Crippen molar-refractivity contribution in [1.82, 2.24) is 15.3 Å². The molecule has 0 atom stereocenters. The minimum Gasteiger partial charge on any atom is -0.486 e. The third-order valence-electron chi connectivity index (χ3n) is 3.89. The van der Waals surface area contributed by atoms with Gasteiger partial charge in [0.15, 0.2) is 17.3 Å². The number of aromatic nitrogens is 2. The van der Waals surface area contributed by atoms with Gasteiger partial charge in [0.25, 0.3) is 0 Å². The highest BCUT2D eigenvalue weighted by atomic mass is 16.6. The predicted octanol–water partition coefficient (Wildman–Crippen LogP) is 1.12. The number of benzene rings is 1. The lowest BCUT2D eigenvalue weighted by molar-refractivity contribution is 0.172. The van der Waals surface area contributed by atoms with Crippen LogP contribution in [0.5, 0.6) is 11.5 Å². The van der Waals surface area contributed by atoms with E-state index in [2.05, 4.69) is 10.2 Å². The number of hydrogen-bond donors (Lipinski definition) is 1. The second-order valence-electron chi connectivity index (χ2n) is 5.35. The highest BCUT2D eigenvalue weighted by Gasteiger charge is 2.18. The van der Waals surface area contributed by atoms with Crippen molar-refractivity contribution in [2.75, 3.05) is 44.3 Å². The molecule has 1 aromatic carbocycles. The van der Waals surface area contributed by atoms with Gasteiger partial charge >= 0.3 is 0 Å². The van der Waals surface area contributed by atoms with Crippen molar-refractivity contribution in [2.45, 2.75) is 6.92 Å². The molecule has 0 radical (unpaired) electrons. The number of rotatable bonds is 1. The molecule has 110 valence electrons. The fraction of sp³-hybridized carbons (Fsp3) is 0.467. The molecule has 0 unspecified atom stereocenters. The Morgan fingerprint density at radius 3 is 2.29 bits per heavy atom. The summed E-state index contributed by atoms with van der Waals surface area (Å²) in [5.41, 5.74) is 2.68. The van der Waals surface area contributed by atoms with E-state index in [1.807, 2.05) is 19.1 Å². The molecule has 1 aromatic heterocycles. The summed E-state index contributed by atoms with van der Waals surface area (Å²) >= 11 is 0. The summed E-state index contributed by atoms with van der Waals surface area (Å²) in [6.45, 7) is 7.09. The molecule has 0 saturated carbocycles. The monoisotopic (exact) mass is 286 g/mol. The molecule has 2 aromatic rings. The van der Waals surface area contributed by atoms with Gasteiger partial charge in [-0.1, -0.05) is 0 Å². The molecule has 3 heterocycles. The summed E-state index contributed by atoms with van der Waals surface area (Å²) < 4.78 is 11.2. The fourth-order valence-electron chi connectivity index (χ4n) is 2.85. The quantitative estimate of drug-likeness (QED) is 0.848. The summed E-state index contributed by atoms with van der Waals surface area (Å²) in [7, 11) is 0. The van der Waals surface area contributed by atoms with E-state index in [-0.39, 0.29) is 0 Å². The smallest absolute Gasteiger partial charge is 0.163 e. The predicted molar refractivity (Wildman–Crippen MR) is 80.3 cm³/mol. The van der Waals surface area contributed by atoms with Gasteiger partial charge in [-0.25, -0.2) is 9.97 Å². The van der Waals surface area contributed by atoms with E-state index >= 15 is 0 Å². The SMILES string of the molecule is Cc1nc2cc3c(cc2nc1N1CCNCC1)OCCO3. The summed E-state index contributed by atoms with van der Waals surface area (Å²) in [6, 6.07) is 3.85. The van der Waals surface area contributed by atoms with Crippen molar-refractivity contribution in [3.8, 4) is 11.5 Å². The van der Waals surface area contributed by atoms with Crippen molar-refractivity contribution in [1.29, 1.82) is 0 Å². The van der Waals surface area contributed by atoms with Gasteiger partial charge in [-0.15, -0.1) is 0 Å². The Morgan fingerprint density at radius 2 is 1.62 bits per heavy atom. The second-order valence-corrected chi connectivity index (χ2v) is 5.35. The number of anilines is 1. The van der Waals surface area contributed by atoms with Crippen LogP contribution in [0.4, 0.5) is 5.82 Å². The molecule has 2 aliphatic heterocycles. The van der Waals surface area contributed by atoms with E-state index in [0.717, 1.165) is 60.2 Å². The number of aryl methyl sites for hydroxylation is 1. The molecule has 6 nitrogen and oxygen atoms in total. The van der Waals surface area contributed by atoms with E-state index < -0.39 is 0 Å². The molecule has 0 bridgehead atoms. The summed E-state index contributed by atoms with van der Waals surface area (Å²) in [5.74, 6) is 2.50. The highest BCUT2D eigenvalue weighted by Crippen LogP contribution is 2.34. The minimum absolute atomic E-state index is 0.586. The van der Waals surface area contributed by atoms with Crippen LogP contribution < -0.4 is 19.7 Å². The van der Waals surface area contributed by atoms with E-state index in [9.17, 15) is 0 Å². The summed E-state index contributed by atoms with van der Waals surface area (Å²) in [4.78, 5) is 11.8. The second kappa shape index (κ2) is 5.04. The van der Waals surface area contributed by atoms with Crippen LogP contribution in [0.3, 0.4) is 0 Å². The zero-order valence-electron chi connectivity index (χ0n) is 12.1. The summed E-state index contributed by atoms with van der Waals surface area (Å²) in [5, 5.41) is 3.36. The largest absolute Gasteiger partial charge is 0.486 e. The third-order valence-corrected chi connectivity index (χ3v) is 3.89. The van der Waals surface area contributed by atoms with E-state index in [1.165, 1.54) is 0 Å². The number of fused-ring (bicyclic) bond motifs is 2. The maximum absolute atomic E-state index is 5.63. The van der Waals surface area contributed by atoms with Crippen molar-refractivity contribution in [3.05, 3.63) is 17.8 Å². The first-order chi connectivity index (χ1) is 10.3. The number of piperazine rings is 1. The maximum atomic E-state index is 5.63. The Labute approximate surface area is 123 Å². The van der Waals surface area contributed by atoms with E-state index in [4.69, 9.17) is 19.4 Å². The molecule has 6 heteroatoms. The Bertz CT molecular complexity index is 683. The number of nitrogens with zero attached hydrogens (tertiary/aromatic N) is 3. The number of ether oxygens (including phenoxy) is 2. The zero-order valence-corrected chi connectivity index (χ0v) is 12.1. The standard InChI is InChI=1S/C15H18N4O2/c1-10-15(19-4-2-16-3-5-19)18-12-9-14-13(8-11(12)17-10)20-6-7-21-14/h8-9,16H,2-7H2,1H3. The summed E-state index contributed by atoms with van der Waals surface area (Å²) in [6.07, 6.45) is 0. The van der Waals surface area contributed by atoms with E-state index in [1.54, 1.807) is 0 Å². The van der Waals surface area contributed by atoms with Crippen LogP contribution in [0.1, 0.15) is 5.69 Å². The van der Waals surface area contributed by atoms with Crippen molar-refractivity contribution in [3.63, 3.8) is 0 Å². The van der Waals surface area contributed by atoms with Gasteiger partial charge in [0.1, 0.15) is 13.2 Å². The highest BCUT2D eigenvalue weighted by molar-refractivity contribution is 5.81. The molecule has 21 heavy (non-hydrogen) atoms. The van der Waals surface area contributed by atoms with Crippen LogP contribution in [-0.4, -0.2) is 49.4 Å². The minimum atomic E-state index is 0.586. The lowest BCUT2D eigenvalue weighted by Gasteiger charge is -2.29. The number of hydrogen-bond acceptors (Lipinski definition) is 6. The Balaban J connectivity index is 1.80. The van der Waals surface area contributed by atoms with Crippen LogP contribution >= 0.6 is 0 Å². The molecule has 1 fully saturated rings. The molecule has 0 amide bonds. The Kier molecular flexibility index (Phi) is 3.03. The first-order valence-corrected chi connectivity index (χ1v) is 7.35. The first-order valence-electron chi connectivity index (χ1n) is 7.35. The normalized spacial score (nSPS) is 18.0. The van der Waals surface area contributed by atoms with Crippen molar-refractivity contribution >= 4 is 16.9 Å². The average Bonchev–Trinajstić information content (AvgIpc) is 2.53. The molecule has 0 aliphatic carbocycles. The van der Waals surface area contributed by atoms with E-state index in [0.29, 0.717) is 13.2 Å². The van der Waals surface area contributed by atoms with Gasteiger partial charge < -0.3 is 19.7 Å². The van der Waals surface area contributed by atoms with Gasteiger partial charge in [0, 0.05) is 38.3 Å². The van der Waals surface area contributed by atoms with Crippen LogP contribution in [0, 0.1) is 6.92 Å². The molecular weight excluding hydrogens is 268 g/mol. The van der Waals surface area contributed by atoms with Crippen LogP contribution in [-0.2, 0) is 0 Å². The van der Waals surface area contributed by atoms with Gasteiger partial charge in [-0.05, 0) is 6.92 Å². The lowest BCUT2D eigenvalue weighted by Crippen LogP contribution is -2.44.